The number of benzene rings is 1. The predicted octanol–water partition coefficient (Wildman–Crippen LogP) is 5.15. The van der Waals surface area contributed by atoms with E-state index in [1.807, 2.05) is 0 Å². The first-order valence-corrected chi connectivity index (χ1v) is 9.30. The molecular formula is C18H25BrO2. The predicted molar refractivity (Wildman–Crippen MR) is 89.2 cm³/mol. The van der Waals surface area contributed by atoms with Crippen LogP contribution in [0.3, 0.4) is 0 Å². The first-order valence-electron chi connectivity index (χ1n) is 8.17. The molecular weight excluding hydrogens is 328 g/mol. The standard InChI is InChI=1S/C18H25BrO2/c1-14-6-5-7-15(12-19)17(14)20-13-16-8-11-18(21-16)9-3-2-4-10-18/h5-7,16H,2-4,8-13H2,1H3. The van der Waals surface area contributed by atoms with Crippen molar-refractivity contribution in [2.45, 2.75) is 68.9 Å². The van der Waals surface area contributed by atoms with Gasteiger partial charge in [0.15, 0.2) is 0 Å². The Bertz CT molecular complexity index is 480. The van der Waals surface area contributed by atoms with Crippen LogP contribution in [0.1, 0.15) is 56.1 Å². The minimum atomic E-state index is 0.191. The number of alkyl halides is 1. The zero-order chi connectivity index (χ0) is 14.7. The molecule has 0 amide bonds. The third-order valence-corrected chi connectivity index (χ3v) is 5.56. The van der Waals surface area contributed by atoms with E-state index in [2.05, 4.69) is 41.1 Å². The zero-order valence-electron chi connectivity index (χ0n) is 12.9. The van der Waals surface area contributed by atoms with Crippen molar-refractivity contribution in [3.8, 4) is 5.75 Å². The Balaban J connectivity index is 1.59. The Morgan fingerprint density at radius 1 is 1.24 bits per heavy atom. The Morgan fingerprint density at radius 2 is 2.05 bits per heavy atom. The van der Waals surface area contributed by atoms with Crippen molar-refractivity contribution in [1.29, 1.82) is 0 Å². The van der Waals surface area contributed by atoms with Crippen molar-refractivity contribution in [3.05, 3.63) is 29.3 Å². The van der Waals surface area contributed by atoms with Crippen molar-refractivity contribution in [2.24, 2.45) is 0 Å². The third-order valence-electron chi connectivity index (χ3n) is 4.95. The van der Waals surface area contributed by atoms with Gasteiger partial charge >= 0.3 is 0 Å². The van der Waals surface area contributed by atoms with Crippen LogP contribution < -0.4 is 4.74 Å². The van der Waals surface area contributed by atoms with E-state index in [0.29, 0.717) is 6.61 Å². The number of para-hydroxylation sites is 1. The SMILES string of the molecule is Cc1cccc(CBr)c1OCC1CCC2(CCCCC2)O1. The average Bonchev–Trinajstić information content (AvgIpc) is 2.89. The molecule has 0 radical (unpaired) electrons. The molecule has 1 aliphatic heterocycles. The highest BCUT2D eigenvalue weighted by molar-refractivity contribution is 9.08. The smallest absolute Gasteiger partial charge is 0.126 e. The molecule has 2 fully saturated rings. The van der Waals surface area contributed by atoms with Gasteiger partial charge in [0.1, 0.15) is 12.4 Å². The summed E-state index contributed by atoms with van der Waals surface area (Å²) in [6, 6.07) is 6.32. The van der Waals surface area contributed by atoms with Gasteiger partial charge in [-0.25, -0.2) is 0 Å². The third kappa shape index (κ3) is 3.45. The van der Waals surface area contributed by atoms with E-state index in [1.54, 1.807) is 0 Å². The number of rotatable bonds is 4. The molecule has 1 unspecified atom stereocenters. The minimum absolute atomic E-state index is 0.191. The van der Waals surface area contributed by atoms with Crippen LogP contribution in [0.2, 0.25) is 0 Å². The van der Waals surface area contributed by atoms with Crippen molar-refractivity contribution >= 4 is 15.9 Å². The Kier molecular flexibility index (Phi) is 4.90. The number of hydrogen-bond donors (Lipinski definition) is 0. The molecule has 116 valence electrons. The summed E-state index contributed by atoms with van der Waals surface area (Å²) in [5.41, 5.74) is 2.62. The topological polar surface area (TPSA) is 18.5 Å². The molecule has 1 heterocycles. The van der Waals surface area contributed by atoms with Crippen LogP contribution in [0.15, 0.2) is 18.2 Å². The molecule has 1 atom stereocenters. The molecule has 1 aromatic carbocycles. The summed E-state index contributed by atoms with van der Waals surface area (Å²) >= 11 is 3.54. The average molecular weight is 353 g/mol. The van der Waals surface area contributed by atoms with E-state index < -0.39 is 0 Å². The second-order valence-corrected chi connectivity index (χ2v) is 7.09. The second kappa shape index (κ2) is 6.70. The number of halogens is 1. The van der Waals surface area contributed by atoms with E-state index in [-0.39, 0.29) is 11.7 Å². The number of ether oxygens (including phenoxy) is 2. The van der Waals surface area contributed by atoms with Gasteiger partial charge in [-0.15, -0.1) is 0 Å². The summed E-state index contributed by atoms with van der Waals surface area (Å²) in [6.45, 7) is 2.80. The fraction of sp³-hybridized carbons (Fsp3) is 0.667. The van der Waals surface area contributed by atoms with Crippen LogP contribution in [-0.4, -0.2) is 18.3 Å². The van der Waals surface area contributed by atoms with E-state index in [9.17, 15) is 0 Å². The van der Waals surface area contributed by atoms with Gasteiger partial charge in [0.25, 0.3) is 0 Å². The zero-order valence-corrected chi connectivity index (χ0v) is 14.5. The van der Waals surface area contributed by atoms with E-state index >= 15 is 0 Å². The second-order valence-electron chi connectivity index (χ2n) is 6.53. The monoisotopic (exact) mass is 352 g/mol. The van der Waals surface area contributed by atoms with Gasteiger partial charge in [0.05, 0.1) is 11.7 Å². The molecule has 1 spiro atoms. The largest absolute Gasteiger partial charge is 0.490 e. The van der Waals surface area contributed by atoms with Gasteiger partial charge in [-0.2, -0.15) is 0 Å². The first kappa shape index (κ1) is 15.4. The van der Waals surface area contributed by atoms with Crippen LogP contribution in [0.5, 0.6) is 5.75 Å². The van der Waals surface area contributed by atoms with E-state index in [4.69, 9.17) is 9.47 Å². The van der Waals surface area contributed by atoms with Gasteiger partial charge in [0.2, 0.25) is 0 Å². The highest BCUT2D eigenvalue weighted by Gasteiger charge is 2.40. The first-order chi connectivity index (χ1) is 10.2. The van der Waals surface area contributed by atoms with Crippen molar-refractivity contribution in [2.75, 3.05) is 6.61 Å². The van der Waals surface area contributed by atoms with Gasteiger partial charge in [-0.1, -0.05) is 53.4 Å². The molecule has 1 aliphatic carbocycles. The van der Waals surface area contributed by atoms with Crippen LogP contribution in [0, 0.1) is 6.92 Å². The van der Waals surface area contributed by atoms with Gasteiger partial charge < -0.3 is 9.47 Å². The lowest BCUT2D eigenvalue weighted by Gasteiger charge is -2.33. The van der Waals surface area contributed by atoms with E-state index in [1.165, 1.54) is 49.7 Å². The normalized spacial score (nSPS) is 24.4. The summed E-state index contributed by atoms with van der Waals surface area (Å²) in [5.74, 6) is 1.03. The van der Waals surface area contributed by atoms with Crippen LogP contribution in [-0.2, 0) is 10.1 Å². The van der Waals surface area contributed by atoms with Crippen LogP contribution in [0.25, 0.3) is 0 Å². The molecule has 3 heteroatoms. The molecule has 1 aromatic rings. The van der Waals surface area contributed by atoms with Crippen LogP contribution in [0.4, 0.5) is 0 Å². The van der Waals surface area contributed by atoms with Gasteiger partial charge in [0, 0.05) is 10.9 Å². The highest BCUT2D eigenvalue weighted by atomic mass is 79.9. The molecule has 1 saturated heterocycles. The van der Waals surface area contributed by atoms with Gasteiger partial charge in [-0.3, -0.25) is 0 Å². The summed E-state index contributed by atoms with van der Waals surface area (Å²) in [4.78, 5) is 0. The summed E-state index contributed by atoms with van der Waals surface area (Å²) < 4.78 is 12.5. The lowest BCUT2D eigenvalue weighted by atomic mass is 9.83. The molecule has 2 nitrogen and oxygen atoms in total. The van der Waals surface area contributed by atoms with Crippen molar-refractivity contribution < 1.29 is 9.47 Å². The van der Waals surface area contributed by atoms with Crippen LogP contribution >= 0.6 is 15.9 Å². The summed E-state index contributed by atoms with van der Waals surface area (Å²) in [6.07, 6.45) is 9.18. The molecule has 0 N–H and O–H groups in total. The maximum atomic E-state index is 6.39. The molecule has 21 heavy (non-hydrogen) atoms. The lowest BCUT2D eigenvalue weighted by Crippen LogP contribution is -2.33. The Morgan fingerprint density at radius 3 is 2.81 bits per heavy atom. The quantitative estimate of drug-likeness (QED) is 0.697. The molecule has 0 bridgehead atoms. The molecule has 1 saturated carbocycles. The number of aryl methyl sites for hydroxylation is 1. The fourth-order valence-electron chi connectivity index (χ4n) is 3.78. The minimum Gasteiger partial charge on any atom is -0.490 e. The number of hydrogen-bond acceptors (Lipinski definition) is 2. The molecule has 2 aliphatic rings. The van der Waals surface area contributed by atoms with Crippen molar-refractivity contribution in [1.82, 2.24) is 0 Å². The maximum absolute atomic E-state index is 6.39. The lowest BCUT2D eigenvalue weighted by molar-refractivity contribution is -0.0749. The summed E-state index contributed by atoms with van der Waals surface area (Å²) in [5, 5.41) is 0.833. The molecule has 3 rings (SSSR count). The fourth-order valence-corrected chi connectivity index (χ4v) is 4.22. The highest BCUT2D eigenvalue weighted by Crippen LogP contribution is 2.42. The molecule has 0 aromatic heterocycles. The Hall–Kier alpha value is -0.540. The van der Waals surface area contributed by atoms with E-state index in [0.717, 1.165) is 17.5 Å². The van der Waals surface area contributed by atoms with Gasteiger partial charge in [-0.05, 0) is 38.2 Å². The van der Waals surface area contributed by atoms with Crippen molar-refractivity contribution in [3.63, 3.8) is 0 Å². The summed E-state index contributed by atoms with van der Waals surface area (Å²) in [7, 11) is 0. The maximum Gasteiger partial charge on any atom is 0.126 e. The Labute approximate surface area is 136 Å².